The molecule has 2 amide bonds. The zero-order chi connectivity index (χ0) is 16.7. The monoisotopic (exact) mass is 319 g/mol. The van der Waals surface area contributed by atoms with Crippen LogP contribution in [-0.4, -0.2) is 26.2 Å². The number of benzene rings is 2. The Bertz CT molecular complexity index is 629. The lowest BCUT2D eigenvalue weighted by Gasteiger charge is -2.19. The van der Waals surface area contributed by atoms with Gasteiger partial charge in [-0.3, -0.25) is 0 Å². The summed E-state index contributed by atoms with van der Waals surface area (Å²) in [4.78, 5) is 13.7. The molecule has 0 saturated carbocycles. The third-order valence-corrected chi connectivity index (χ3v) is 3.35. The van der Waals surface area contributed by atoms with Gasteiger partial charge < -0.3 is 15.5 Å². The molecule has 23 heavy (non-hydrogen) atoms. The third kappa shape index (κ3) is 4.95. The van der Waals surface area contributed by atoms with E-state index >= 15 is 0 Å². The Labute approximate surface area is 134 Å². The van der Waals surface area contributed by atoms with Crippen molar-refractivity contribution in [1.29, 1.82) is 0 Å². The quantitative estimate of drug-likeness (QED) is 0.799. The third-order valence-electron chi connectivity index (χ3n) is 3.35. The van der Waals surface area contributed by atoms with Crippen molar-refractivity contribution in [2.45, 2.75) is 6.42 Å². The van der Waals surface area contributed by atoms with Crippen LogP contribution in [0.15, 0.2) is 48.5 Å². The molecule has 2 aromatic rings. The van der Waals surface area contributed by atoms with Crippen molar-refractivity contribution in [3.8, 4) is 0 Å². The van der Waals surface area contributed by atoms with E-state index in [0.717, 1.165) is 24.4 Å². The summed E-state index contributed by atoms with van der Waals surface area (Å²) in [5.41, 5.74) is 0.650. The van der Waals surface area contributed by atoms with E-state index < -0.39 is 23.4 Å². The average molecular weight is 319 g/mol. The predicted molar refractivity (Wildman–Crippen MR) is 87.7 cm³/mol. The minimum Gasteiger partial charge on any atom is -0.375 e. The largest absolute Gasteiger partial charge is 0.375 e. The van der Waals surface area contributed by atoms with Gasteiger partial charge in [-0.25, -0.2) is 13.6 Å². The predicted octanol–water partition coefficient (Wildman–Crippen LogP) is 3.61. The number of halogens is 2. The van der Waals surface area contributed by atoms with Gasteiger partial charge in [0.25, 0.3) is 0 Å². The number of anilines is 2. The summed E-state index contributed by atoms with van der Waals surface area (Å²) in [6.07, 6.45) is 0.707. The lowest BCUT2D eigenvalue weighted by Crippen LogP contribution is -2.32. The molecule has 0 aliphatic heterocycles. The first-order valence-corrected chi connectivity index (χ1v) is 7.33. The van der Waals surface area contributed by atoms with Gasteiger partial charge in [-0.05, 0) is 30.7 Å². The fraction of sp³-hybridized carbons (Fsp3) is 0.235. The number of carbonyl (C=O) groups is 1. The van der Waals surface area contributed by atoms with E-state index in [1.807, 2.05) is 37.4 Å². The Kier molecular flexibility index (Phi) is 5.91. The fourth-order valence-electron chi connectivity index (χ4n) is 2.10. The Morgan fingerprint density at radius 1 is 1.04 bits per heavy atom. The summed E-state index contributed by atoms with van der Waals surface area (Å²) in [5.74, 6) is -1.60. The molecule has 4 nitrogen and oxygen atoms in total. The summed E-state index contributed by atoms with van der Waals surface area (Å²) in [6, 6.07) is 12.7. The zero-order valence-electron chi connectivity index (χ0n) is 12.9. The number of urea groups is 1. The minimum absolute atomic E-state index is 0.402. The van der Waals surface area contributed by atoms with Gasteiger partial charge >= 0.3 is 6.03 Å². The molecule has 2 N–H and O–H groups in total. The summed E-state index contributed by atoms with van der Waals surface area (Å²) in [5, 5.41) is 4.77. The summed E-state index contributed by atoms with van der Waals surface area (Å²) in [6.45, 7) is 1.15. The van der Waals surface area contributed by atoms with E-state index in [4.69, 9.17) is 0 Å². The van der Waals surface area contributed by atoms with Gasteiger partial charge in [0.1, 0.15) is 17.3 Å². The van der Waals surface area contributed by atoms with E-state index in [9.17, 15) is 13.6 Å². The molecule has 0 aliphatic rings. The molecule has 0 aliphatic carbocycles. The molecular formula is C17H19F2N3O. The van der Waals surface area contributed by atoms with Crippen LogP contribution in [0.4, 0.5) is 25.0 Å². The van der Waals surface area contributed by atoms with Crippen molar-refractivity contribution in [2.24, 2.45) is 0 Å². The number of rotatable bonds is 6. The number of hydrogen-bond acceptors (Lipinski definition) is 2. The Balaban J connectivity index is 1.73. The molecule has 6 heteroatoms. The number of hydrogen-bond donors (Lipinski definition) is 2. The highest BCUT2D eigenvalue weighted by Gasteiger charge is 2.11. The van der Waals surface area contributed by atoms with Crippen molar-refractivity contribution in [3.05, 3.63) is 60.2 Å². The second-order valence-corrected chi connectivity index (χ2v) is 5.09. The Morgan fingerprint density at radius 2 is 1.70 bits per heavy atom. The highest BCUT2D eigenvalue weighted by Crippen LogP contribution is 2.17. The zero-order valence-corrected chi connectivity index (χ0v) is 12.9. The highest BCUT2D eigenvalue weighted by atomic mass is 19.1. The topological polar surface area (TPSA) is 44.4 Å². The first kappa shape index (κ1) is 16.7. The fourth-order valence-corrected chi connectivity index (χ4v) is 2.10. The molecule has 0 radical (unpaired) electrons. The maximum Gasteiger partial charge on any atom is 0.319 e. The highest BCUT2D eigenvalue weighted by molar-refractivity contribution is 5.89. The molecular weight excluding hydrogens is 300 g/mol. The van der Waals surface area contributed by atoms with Gasteiger partial charge in [-0.1, -0.05) is 24.3 Å². The van der Waals surface area contributed by atoms with Gasteiger partial charge in [-0.15, -0.1) is 0 Å². The van der Waals surface area contributed by atoms with Crippen molar-refractivity contribution in [3.63, 3.8) is 0 Å². The molecule has 0 saturated heterocycles. The molecule has 0 aromatic heterocycles. The average Bonchev–Trinajstić information content (AvgIpc) is 2.56. The maximum absolute atomic E-state index is 13.4. The van der Waals surface area contributed by atoms with E-state index in [1.165, 1.54) is 6.07 Å². The van der Waals surface area contributed by atoms with Crippen molar-refractivity contribution in [1.82, 2.24) is 5.32 Å². The van der Waals surface area contributed by atoms with Crippen molar-refractivity contribution in [2.75, 3.05) is 30.4 Å². The van der Waals surface area contributed by atoms with Crippen LogP contribution in [0, 0.1) is 11.6 Å². The van der Waals surface area contributed by atoms with Crippen LogP contribution in [0.5, 0.6) is 0 Å². The second kappa shape index (κ2) is 8.12. The number of nitrogens with zero attached hydrogens (tertiary/aromatic N) is 1. The number of carbonyl (C=O) groups excluding carboxylic acids is 1. The Hall–Kier alpha value is -2.63. The van der Waals surface area contributed by atoms with E-state index in [0.29, 0.717) is 13.0 Å². The number of nitrogens with one attached hydrogen (secondary N) is 2. The SMILES string of the molecule is CN(CCCNC(=O)Nc1c(F)cccc1F)c1ccccc1. The van der Waals surface area contributed by atoms with Gasteiger partial charge in [-0.2, -0.15) is 0 Å². The van der Waals surface area contributed by atoms with Gasteiger partial charge in [0.2, 0.25) is 0 Å². The first-order chi connectivity index (χ1) is 11.1. The van der Waals surface area contributed by atoms with E-state index in [1.54, 1.807) is 0 Å². The number of amides is 2. The Morgan fingerprint density at radius 3 is 2.35 bits per heavy atom. The normalized spacial score (nSPS) is 10.2. The molecule has 0 bridgehead atoms. The van der Waals surface area contributed by atoms with Crippen LogP contribution in [-0.2, 0) is 0 Å². The van der Waals surface area contributed by atoms with Crippen molar-refractivity contribution < 1.29 is 13.6 Å². The maximum atomic E-state index is 13.4. The smallest absolute Gasteiger partial charge is 0.319 e. The summed E-state index contributed by atoms with van der Waals surface area (Å²) >= 11 is 0. The molecule has 0 spiro atoms. The molecule has 122 valence electrons. The van der Waals surface area contributed by atoms with Gasteiger partial charge in [0.15, 0.2) is 0 Å². The molecule has 0 unspecified atom stereocenters. The van der Waals surface area contributed by atoms with Crippen molar-refractivity contribution >= 4 is 17.4 Å². The first-order valence-electron chi connectivity index (χ1n) is 7.33. The minimum atomic E-state index is -0.802. The second-order valence-electron chi connectivity index (χ2n) is 5.09. The lowest BCUT2D eigenvalue weighted by molar-refractivity contribution is 0.252. The summed E-state index contributed by atoms with van der Waals surface area (Å²) in [7, 11) is 1.96. The van der Waals surface area contributed by atoms with Crippen LogP contribution in [0.2, 0.25) is 0 Å². The van der Waals surface area contributed by atoms with Crippen LogP contribution >= 0.6 is 0 Å². The molecule has 0 atom stereocenters. The van der Waals surface area contributed by atoms with Crippen LogP contribution < -0.4 is 15.5 Å². The van der Waals surface area contributed by atoms with Crippen LogP contribution in [0.25, 0.3) is 0 Å². The number of para-hydroxylation sites is 2. The van der Waals surface area contributed by atoms with Crippen LogP contribution in [0.1, 0.15) is 6.42 Å². The van der Waals surface area contributed by atoms with Gasteiger partial charge in [0.05, 0.1) is 0 Å². The van der Waals surface area contributed by atoms with Gasteiger partial charge in [0, 0.05) is 25.8 Å². The lowest BCUT2D eigenvalue weighted by atomic mass is 10.3. The molecule has 0 heterocycles. The molecule has 0 fully saturated rings. The van der Waals surface area contributed by atoms with Crippen LogP contribution in [0.3, 0.4) is 0 Å². The van der Waals surface area contributed by atoms with E-state index in [-0.39, 0.29) is 0 Å². The molecule has 2 rings (SSSR count). The standard InChI is InChI=1S/C17H19F2N3O/c1-22(13-7-3-2-4-8-13)12-6-11-20-17(23)21-16-14(18)9-5-10-15(16)19/h2-5,7-10H,6,11-12H2,1H3,(H2,20,21,23). The van der Waals surface area contributed by atoms with E-state index in [2.05, 4.69) is 15.5 Å². The molecule has 2 aromatic carbocycles. The summed E-state index contributed by atoms with van der Waals surface area (Å²) < 4.78 is 26.8.